The van der Waals surface area contributed by atoms with Gasteiger partial charge in [-0.25, -0.2) is 0 Å². The van der Waals surface area contributed by atoms with E-state index in [1.54, 1.807) is 0 Å². The molecule has 1 rings (SSSR count). The number of anilines is 1. The van der Waals surface area contributed by atoms with Gasteiger partial charge in [-0.3, -0.25) is 14.9 Å². The molecule has 1 aromatic rings. The van der Waals surface area contributed by atoms with Crippen LogP contribution < -0.4 is 15.5 Å². The molecule has 0 aliphatic carbocycles. The Hall–Kier alpha value is -1.90. The van der Waals surface area contributed by atoms with Gasteiger partial charge in [0.15, 0.2) is 11.8 Å². The zero-order valence-electron chi connectivity index (χ0n) is 23.2. The van der Waals surface area contributed by atoms with E-state index in [9.17, 15) is 24.9 Å². The van der Waals surface area contributed by atoms with Crippen LogP contribution in [0.1, 0.15) is 96.8 Å². The van der Waals surface area contributed by atoms with Crippen molar-refractivity contribution in [1.29, 1.82) is 0 Å². The summed E-state index contributed by atoms with van der Waals surface area (Å²) in [4.78, 5) is 36.1. The number of quaternary nitrogens is 1. The number of hydrogen-bond acceptors (Lipinski definition) is 5. The fraction of sp³-hybridized carbons (Fsp3) is 0.704. The maximum absolute atomic E-state index is 12.9. The van der Waals surface area contributed by atoms with Crippen molar-refractivity contribution < 1.29 is 29.7 Å². The largest absolute Gasteiger partial charge is 0.870 e. The highest BCUT2D eigenvalue weighted by Crippen LogP contribution is 2.25. The second-order valence-corrected chi connectivity index (χ2v) is 12.2. The maximum atomic E-state index is 12.9. The average molecular weight is 542 g/mol. The van der Waals surface area contributed by atoms with Gasteiger partial charge in [0.05, 0.1) is 31.8 Å². The first-order valence-electron chi connectivity index (χ1n) is 13.5. The molecule has 10 heteroatoms. The summed E-state index contributed by atoms with van der Waals surface area (Å²) in [5.74, 6) is -0.269. The topological polar surface area (TPSA) is 146 Å². The molecule has 0 bridgehead atoms. The molecule has 0 saturated heterocycles. The van der Waals surface area contributed by atoms with Crippen LogP contribution in [0.25, 0.3) is 0 Å². The molecule has 3 N–H and O–H groups in total. The number of carbonyl (C=O) groups is 1. The monoisotopic (exact) mass is 541 g/mol. The number of nitrogens with zero attached hydrogens (tertiary/aromatic N) is 2. The smallest absolute Gasteiger partial charge is 0.279 e. The highest BCUT2D eigenvalue weighted by atomic mass is 31.1. The Bertz CT molecular complexity index is 855. The van der Waals surface area contributed by atoms with Crippen molar-refractivity contribution in [3.05, 3.63) is 28.3 Å². The number of amides is 1. The van der Waals surface area contributed by atoms with Gasteiger partial charge in [0.2, 0.25) is 5.91 Å². The molecule has 9 nitrogen and oxygen atoms in total. The third-order valence-corrected chi connectivity index (χ3v) is 7.48. The number of carbonyl (C=O) groups excluding carboxylic acids is 1. The Balaban J connectivity index is 0.0000130. The highest BCUT2D eigenvalue weighted by molar-refractivity contribution is 7.59. The van der Waals surface area contributed by atoms with E-state index in [-0.39, 0.29) is 40.1 Å². The number of benzene rings is 1. The van der Waals surface area contributed by atoms with Crippen molar-refractivity contribution >= 4 is 35.8 Å². The Morgan fingerprint density at radius 2 is 1.43 bits per heavy atom. The third kappa shape index (κ3) is 15.8. The number of likely N-dealkylation sites (N-methyl/N-ethyl adjacent to an activating group) is 1. The predicted molar refractivity (Wildman–Crippen MR) is 150 cm³/mol. The lowest BCUT2D eigenvalue weighted by molar-refractivity contribution is -0.861. The fourth-order valence-corrected chi connectivity index (χ4v) is 5.44. The van der Waals surface area contributed by atoms with E-state index in [1.165, 1.54) is 82.4 Å². The molecular weight excluding hydrogens is 493 g/mol. The number of aliphatic hydroxyl groups excluding tert-OH is 1. The zero-order chi connectivity index (χ0) is 27.0. The second-order valence-electron chi connectivity index (χ2n) is 10.7. The summed E-state index contributed by atoms with van der Waals surface area (Å²) in [5, 5.41) is 24.4. The van der Waals surface area contributed by atoms with Crippen molar-refractivity contribution in [1.82, 2.24) is 0 Å². The lowest BCUT2D eigenvalue weighted by Crippen LogP contribution is -2.40. The molecule has 1 atom stereocenters. The molecule has 0 radical (unpaired) electrons. The molecule has 1 aromatic carbocycles. The quantitative estimate of drug-likeness (QED) is 0.0785. The summed E-state index contributed by atoms with van der Waals surface area (Å²) in [7, 11) is 3.22. The molecular formula is C27H48N3O6P. The SMILES string of the molecule is CCCCCCCCCCCCCCCC(=O)Nc1cc([N+](=O)[O-])ccc1/[P+]([O-])=C(\O)C[N+](C)(C)C.[OH-]. The first kappa shape index (κ1) is 35.1. The Labute approximate surface area is 223 Å². The molecule has 0 aromatic heterocycles. The van der Waals surface area contributed by atoms with Crippen molar-refractivity contribution in [2.24, 2.45) is 0 Å². The van der Waals surface area contributed by atoms with Crippen LogP contribution in [0, 0.1) is 10.1 Å². The highest BCUT2D eigenvalue weighted by Gasteiger charge is 2.24. The Morgan fingerprint density at radius 3 is 1.89 bits per heavy atom. The number of nitro benzene ring substituents is 1. The molecule has 37 heavy (non-hydrogen) atoms. The summed E-state index contributed by atoms with van der Waals surface area (Å²) in [5.41, 5.74) is -0.291. The van der Waals surface area contributed by atoms with Crippen molar-refractivity contribution in [2.75, 3.05) is 33.0 Å². The van der Waals surface area contributed by atoms with Crippen LogP contribution >= 0.6 is 7.77 Å². The Kier molecular flexibility index (Phi) is 18.2. The standard InChI is InChI=1S/C27H46N3O5P.H2O/c1-5-6-7-8-9-10-11-12-13-14-15-16-17-18-26(31)28-24-21-23(29(33)34)19-20-25(24)36(35)27(32)22-30(2,3)4;/h19-21H,5-18,22H2,1-4H3,(H-,28,31,32);1H2. The van der Waals surface area contributed by atoms with Gasteiger partial charge < -0.3 is 25.3 Å². The minimum absolute atomic E-state index is 0. The van der Waals surface area contributed by atoms with Gasteiger partial charge in [0.1, 0.15) is 7.77 Å². The third-order valence-electron chi connectivity index (χ3n) is 6.04. The number of non-ortho nitro benzene ring substituents is 1. The number of rotatable bonds is 19. The van der Waals surface area contributed by atoms with Gasteiger partial charge in [0, 0.05) is 18.6 Å². The number of nitrogens with one attached hydrogen (secondary N) is 1. The number of unbranched alkanes of at least 4 members (excludes halogenated alkanes) is 12. The number of hydrogen-bond donors (Lipinski definition) is 2. The van der Waals surface area contributed by atoms with E-state index in [0.717, 1.165) is 19.3 Å². The minimum atomic E-state index is -2.35. The molecule has 1 amide bonds. The maximum Gasteiger partial charge on any atom is 0.279 e. The summed E-state index contributed by atoms with van der Waals surface area (Å²) in [6.07, 6.45) is 16.1. The van der Waals surface area contributed by atoms with E-state index < -0.39 is 12.7 Å². The summed E-state index contributed by atoms with van der Waals surface area (Å²) in [6, 6.07) is 3.80. The molecule has 0 spiro atoms. The second kappa shape index (κ2) is 19.2. The van der Waals surface area contributed by atoms with E-state index in [4.69, 9.17) is 0 Å². The first-order chi connectivity index (χ1) is 17.0. The first-order valence-corrected chi connectivity index (χ1v) is 14.7. The number of aliphatic hydroxyl groups is 1. The molecule has 0 heterocycles. The normalized spacial score (nSPS) is 12.1. The number of nitro groups is 1. The van der Waals surface area contributed by atoms with Crippen LogP contribution in [-0.4, -0.2) is 59.1 Å². The predicted octanol–water partition coefficient (Wildman–Crippen LogP) is 5.43. The molecule has 0 saturated carbocycles. The van der Waals surface area contributed by atoms with Crippen LogP contribution in [0.5, 0.6) is 0 Å². The Morgan fingerprint density at radius 1 is 0.946 bits per heavy atom. The van der Waals surface area contributed by atoms with Gasteiger partial charge >= 0.3 is 0 Å². The van der Waals surface area contributed by atoms with Gasteiger partial charge in [-0.15, -0.1) is 0 Å². The van der Waals surface area contributed by atoms with E-state index >= 15 is 0 Å². The molecule has 0 fully saturated rings. The molecule has 0 aliphatic rings. The van der Waals surface area contributed by atoms with Crippen LogP contribution in [0.15, 0.2) is 18.2 Å². The minimum Gasteiger partial charge on any atom is -0.870 e. The van der Waals surface area contributed by atoms with Gasteiger partial charge in [-0.1, -0.05) is 84.0 Å². The van der Waals surface area contributed by atoms with Crippen LogP contribution in [-0.2, 0) is 4.79 Å². The van der Waals surface area contributed by atoms with E-state index in [2.05, 4.69) is 12.2 Å². The lowest BCUT2D eigenvalue weighted by atomic mass is 10.0. The van der Waals surface area contributed by atoms with E-state index in [0.29, 0.717) is 10.9 Å². The van der Waals surface area contributed by atoms with Gasteiger partial charge in [-0.2, -0.15) is 0 Å². The van der Waals surface area contributed by atoms with E-state index in [1.807, 2.05) is 21.1 Å². The van der Waals surface area contributed by atoms with Crippen LogP contribution in [0.2, 0.25) is 0 Å². The van der Waals surface area contributed by atoms with Crippen molar-refractivity contribution in [2.45, 2.75) is 96.8 Å². The summed E-state index contributed by atoms with van der Waals surface area (Å²) < 4.78 is 0.376. The van der Waals surface area contributed by atoms with Crippen LogP contribution in [0.4, 0.5) is 11.4 Å². The van der Waals surface area contributed by atoms with Crippen LogP contribution in [0.3, 0.4) is 0 Å². The molecule has 212 valence electrons. The van der Waals surface area contributed by atoms with Gasteiger partial charge in [-0.05, 0) is 12.5 Å². The lowest BCUT2D eigenvalue weighted by Gasteiger charge is -2.22. The summed E-state index contributed by atoms with van der Waals surface area (Å²) >= 11 is 0. The fourth-order valence-electron chi connectivity index (χ4n) is 4.06. The van der Waals surface area contributed by atoms with Gasteiger partial charge in [0.25, 0.3) is 11.2 Å². The molecule has 1 unspecified atom stereocenters. The van der Waals surface area contributed by atoms with Crippen molar-refractivity contribution in [3.8, 4) is 0 Å². The summed E-state index contributed by atoms with van der Waals surface area (Å²) in [6.45, 7) is 2.41. The van der Waals surface area contributed by atoms with Crippen molar-refractivity contribution in [3.63, 3.8) is 0 Å². The zero-order valence-corrected chi connectivity index (χ0v) is 24.1. The average Bonchev–Trinajstić information content (AvgIpc) is 2.80. The molecule has 0 aliphatic heterocycles.